The van der Waals surface area contributed by atoms with Crippen molar-refractivity contribution in [3.8, 4) is 0 Å². The largest absolute Gasteiger partial charge is 0.464 e. The number of rotatable bonds is 10. The van der Waals surface area contributed by atoms with Crippen molar-refractivity contribution >= 4 is 46.7 Å². The topological polar surface area (TPSA) is 107 Å². The fourth-order valence-corrected chi connectivity index (χ4v) is 4.63. The molecule has 1 aliphatic heterocycles. The molecule has 0 atom stereocenters. The fourth-order valence-electron chi connectivity index (χ4n) is 4.63. The summed E-state index contributed by atoms with van der Waals surface area (Å²) in [5, 5.41) is 6.11. The Labute approximate surface area is 254 Å². The van der Waals surface area contributed by atoms with Crippen LogP contribution >= 0.6 is 0 Å². The first-order valence-electron chi connectivity index (χ1n) is 14.4. The number of aromatic nitrogens is 1. The molecule has 2 N–H and O–H groups in total. The number of piperazine rings is 1. The maximum Gasteiger partial charge on any atom is 0.356 e. The molecular weight excluding hydrogens is 544 g/mol. The summed E-state index contributed by atoms with van der Waals surface area (Å²) in [5.74, 6) is -0.304. The molecule has 4 rings (SSSR count). The van der Waals surface area contributed by atoms with Crippen LogP contribution in [0.1, 0.15) is 42.4 Å². The highest BCUT2D eigenvalue weighted by Crippen LogP contribution is 2.32. The lowest BCUT2D eigenvalue weighted by atomic mass is 10.0. The molecular formula is C33H42N6O4. The van der Waals surface area contributed by atoms with Gasteiger partial charge in [-0.25, -0.2) is 9.78 Å². The number of hydrogen-bond acceptors (Lipinski definition) is 8. The minimum Gasteiger partial charge on any atom is -0.464 e. The molecule has 0 bridgehead atoms. The highest BCUT2D eigenvalue weighted by atomic mass is 16.5. The van der Waals surface area contributed by atoms with E-state index >= 15 is 0 Å². The zero-order valence-corrected chi connectivity index (χ0v) is 25.9. The standard InChI is InChI=1S/C31H36N6O4.C2H6/c1-22(26-14-15-27(31(40)41-4)34-30(26)32-21-38)29(23-8-6-5-7-9-23)33-24-10-12-25(13-11-24)36(3)28(39)20-37-18-16-35(2)17-19-37;1-2/h5-15,21,33H,16-20H2,1-4H3,(H,32,34,38);1-2H3/b29-22+;. The Morgan fingerprint density at radius 3 is 2.23 bits per heavy atom. The van der Waals surface area contributed by atoms with E-state index in [1.165, 1.54) is 7.11 Å². The average molecular weight is 587 g/mol. The number of carbonyl (C=O) groups is 3. The highest BCUT2D eigenvalue weighted by molar-refractivity contribution is 5.99. The summed E-state index contributed by atoms with van der Waals surface area (Å²) in [6.45, 7) is 10.0. The first kappa shape index (κ1) is 33.0. The van der Waals surface area contributed by atoms with Gasteiger partial charge in [0.15, 0.2) is 5.69 Å². The zero-order valence-electron chi connectivity index (χ0n) is 25.9. The molecule has 0 spiro atoms. The Bertz CT molecular complexity index is 1400. The molecule has 1 aromatic heterocycles. The van der Waals surface area contributed by atoms with E-state index < -0.39 is 5.97 Å². The lowest BCUT2D eigenvalue weighted by Gasteiger charge is -2.32. The van der Waals surface area contributed by atoms with Crippen molar-refractivity contribution in [2.45, 2.75) is 20.8 Å². The van der Waals surface area contributed by atoms with Gasteiger partial charge in [-0.05, 0) is 61.5 Å². The van der Waals surface area contributed by atoms with Crippen molar-refractivity contribution in [3.63, 3.8) is 0 Å². The predicted octanol–water partition coefficient (Wildman–Crippen LogP) is 4.67. The van der Waals surface area contributed by atoms with Crippen LogP contribution in [0.2, 0.25) is 0 Å². The van der Waals surface area contributed by atoms with Crippen LogP contribution in [0.3, 0.4) is 0 Å². The van der Waals surface area contributed by atoms with Gasteiger partial charge in [-0.1, -0.05) is 44.2 Å². The molecule has 2 amide bonds. The van der Waals surface area contributed by atoms with Crippen molar-refractivity contribution < 1.29 is 19.1 Å². The SMILES string of the molecule is CC.COC(=O)c1ccc(/C(C)=C(/Nc2ccc(N(C)C(=O)CN3CCN(C)CC3)cc2)c2ccccc2)c(NC=O)n1. The van der Waals surface area contributed by atoms with Crippen LogP contribution in [0.15, 0.2) is 66.7 Å². The molecule has 2 heterocycles. The number of esters is 1. The van der Waals surface area contributed by atoms with Crippen molar-refractivity contribution in [2.75, 3.05) is 69.5 Å². The van der Waals surface area contributed by atoms with Crippen molar-refractivity contribution in [1.82, 2.24) is 14.8 Å². The van der Waals surface area contributed by atoms with Gasteiger partial charge in [-0.3, -0.25) is 14.5 Å². The molecule has 10 heteroatoms. The quantitative estimate of drug-likeness (QED) is 0.261. The number of pyridine rings is 1. The van der Waals surface area contributed by atoms with E-state index in [1.54, 1.807) is 24.1 Å². The second-order valence-corrected chi connectivity index (χ2v) is 9.92. The maximum absolute atomic E-state index is 12.9. The molecule has 1 fully saturated rings. The van der Waals surface area contributed by atoms with Crippen LogP contribution < -0.4 is 15.5 Å². The molecule has 228 valence electrons. The van der Waals surface area contributed by atoms with Gasteiger partial charge in [0.05, 0.1) is 13.7 Å². The molecule has 0 unspecified atom stereocenters. The Kier molecular flexibility index (Phi) is 12.4. The Hall–Kier alpha value is -4.54. The summed E-state index contributed by atoms with van der Waals surface area (Å²) >= 11 is 0. The van der Waals surface area contributed by atoms with Crippen LogP contribution in [0.5, 0.6) is 0 Å². The molecule has 2 aromatic carbocycles. The monoisotopic (exact) mass is 586 g/mol. The fraction of sp³-hybridized carbons (Fsp3) is 0.333. The van der Waals surface area contributed by atoms with Crippen LogP contribution in [-0.2, 0) is 14.3 Å². The van der Waals surface area contributed by atoms with Crippen LogP contribution in [0.25, 0.3) is 11.3 Å². The number of nitrogens with one attached hydrogen (secondary N) is 2. The summed E-state index contributed by atoms with van der Waals surface area (Å²) in [5.41, 5.74) is 4.86. The average Bonchev–Trinajstić information content (AvgIpc) is 3.05. The Morgan fingerprint density at radius 1 is 0.977 bits per heavy atom. The van der Waals surface area contributed by atoms with Crippen LogP contribution in [0, 0.1) is 0 Å². The molecule has 0 saturated carbocycles. The van der Waals surface area contributed by atoms with Crippen LogP contribution in [-0.4, -0.2) is 87.0 Å². The number of ether oxygens (including phenoxy) is 1. The van der Waals surface area contributed by atoms with E-state index in [1.807, 2.05) is 75.4 Å². The number of amides is 2. The number of hydrogen-bond donors (Lipinski definition) is 2. The molecule has 0 aliphatic carbocycles. The van der Waals surface area contributed by atoms with E-state index in [4.69, 9.17) is 4.74 Å². The van der Waals surface area contributed by atoms with Gasteiger partial charge < -0.3 is 25.2 Å². The van der Waals surface area contributed by atoms with Crippen molar-refractivity contribution in [3.05, 3.63) is 83.6 Å². The molecule has 1 saturated heterocycles. The van der Waals surface area contributed by atoms with Gasteiger partial charge in [-0.15, -0.1) is 0 Å². The van der Waals surface area contributed by atoms with Gasteiger partial charge in [0.1, 0.15) is 5.82 Å². The van der Waals surface area contributed by atoms with Crippen molar-refractivity contribution in [2.24, 2.45) is 0 Å². The lowest BCUT2D eigenvalue weighted by molar-refractivity contribution is -0.119. The number of carbonyl (C=O) groups excluding carboxylic acids is 3. The summed E-state index contributed by atoms with van der Waals surface area (Å²) in [6.07, 6.45) is 0.524. The van der Waals surface area contributed by atoms with Crippen molar-refractivity contribution in [1.29, 1.82) is 0 Å². The second kappa shape index (κ2) is 16.2. The molecule has 3 aromatic rings. The number of methoxy groups -OCH3 is 1. The lowest BCUT2D eigenvalue weighted by Crippen LogP contribution is -2.48. The molecule has 1 aliphatic rings. The zero-order chi connectivity index (χ0) is 31.4. The van der Waals surface area contributed by atoms with E-state index in [-0.39, 0.29) is 17.4 Å². The van der Waals surface area contributed by atoms with Gasteiger partial charge >= 0.3 is 5.97 Å². The predicted molar refractivity (Wildman–Crippen MR) is 173 cm³/mol. The minimum absolute atomic E-state index is 0.0501. The van der Waals surface area contributed by atoms with E-state index in [9.17, 15) is 14.4 Å². The number of likely N-dealkylation sites (N-methyl/N-ethyl adjacent to an activating group) is 2. The maximum atomic E-state index is 12.9. The smallest absolute Gasteiger partial charge is 0.356 e. The third kappa shape index (κ3) is 8.73. The first-order valence-corrected chi connectivity index (χ1v) is 14.4. The van der Waals surface area contributed by atoms with Crippen LogP contribution in [0.4, 0.5) is 17.2 Å². The highest BCUT2D eigenvalue weighted by Gasteiger charge is 2.20. The molecule has 0 radical (unpaired) electrons. The summed E-state index contributed by atoms with van der Waals surface area (Å²) < 4.78 is 4.78. The minimum atomic E-state index is -0.597. The first-order chi connectivity index (χ1) is 20.8. The number of allylic oxidation sites excluding steroid dienone is 1. The van der Waals surface area contributed by atoms with Gasteiger partial charge in [0, 0.05) is 55.9 Å². The number of nitrogens with zero attached hydrogens (tertiary/aromatic N) is 4. The van der Waals surface area contributed by atoms with Gasteiger partial charge in [-0.2, -0.15) is 0 Å². The van der Waals surface area contributed by atoms with E-state index in [0.717, 1.165) is 54.4 Å². The second-order valence-electron chi connectivity index (χ2n) is 9.92. The van der Waals surface area contributed by atoms with E-state index in [0.29, 0.717) is 18.5 Å². The third-order valence-electron chi connectivity index (χ3n) is 7.18. The Balaban J connectivity index is 0.00000248. The molecule has 43 heavy (non-hydrogen) atoms. The number of benzene rings is 2. The molecule has 10 nitrogen and oxygen atoms in total. The van der Waals surface area contributed by atoms with Gasteiger partial charge in [0.25, 0.3) is 0 Å². The van der Waals surface area contributed by atoms with Gasteiger partial charge in [0.2, 0.25) is 12.3 Å². The third-order valence-corrected chi connectivity index (χ3v) is 7.18. The number of anilines is 3. The Morgan fingerprint density at radius 2 is 1.63 bits per heavy atom. The summed E-state index contributed by atoms with van der Waals surface area (Å²) in [6, 6.07) is 20.7. The normalized spacial score (nSPS) is 14.0. The summed E-state index contributed by atoms with van der Waals surface area (Å²) in [4.78, 5) is 46.8. The van der Waals surface area contributed by atoms with E-state index in [2.05, 4.69) is 32.5 Å². The summed E-state index contributed by atoms with van der Waals surface area (Å²) in [7, 11) is 5.17.